The highest BCUT2D eigenvalue weighted by atomic mass is 16.6. The van der Waals surface area contributed by atoms with Gasteiger partial charge >= 0.3 is 6.09 Å². The Morgan fingerprint density at radius 1 is 1.20 bits per heavy atom. The monoisotopic (exact) mass is 337 g/mol. The molecule has 0 spiro atoms. The molecule has 5 heteroatoms. The molecule has 0 aliphatic heterocycles. The van der Waals surface area contributed by atoms with Gasteiger partial charge in [0.15, 0.2) is 0 Å². The van der Waals surface area contributed by atoms with Crippen molar-refractivity contribution in [3.05, 3.63) is 66.2 Å². The molecule has 1 atom stereocenters. The summed E-state index contributed by atoms with van der Waals surface area (Å²) in [6.45, 7) is 5.51. The summed E-state index contributed by atoms with van der Waals surface area (Å²) in [5.74, 6) is 0.592. The van der Waals surface area contributed by atoms with Gasteiger partial charge in [-0.3, -0.25) is 0 Å². The number of rotatable bonds is 3. The second-order valence-corrected chi connectivity index (χ2v) is 7.07. The van der Waals surface area contributed by atoms with Gasteiger partial charge in [-0.05, 0) is 37.1 Å². The van der Waals surface area contributed by atoms with Crippen molar-refractivity contribution in [3.63, 3.8) is 0 Å². The minimum absolute atomic E-state index is 0.269. The molecule has 1 aromatic heterocycles. The number of nitrogens with zero attached hydrogens (tertiary/aromatic N) is 2. The lowest BCUT2D eigenvalue weighted by atomic mass is 9.97. The molecule has 0 fully saturated rings. The van der Waals surface area contributed by atoms with E-state index < -0.39 is 11.7 Å². The molecule has 3 aromatic rings. The summed E-state index contributed by atoms with van der Waals surface area (Å²) >= 11 is 0. The number of aromatic nitrogens is 2. The number of carbonyl (C=O) groups excluding carboxylic acids is 1. The van der Waals surface area contributed by atoms with Crippen LogP contribution < -0.4 is 5.73 Å². The first-order chi connectivity index (χ1) is 11.8. The molecule has 0 amide bonds. The summed E-state index contributed by atoms with van der Waals surface area (Å²) in [7, 11) is 0. The van der Waals surface area contributed by atoms with Crippen LogP contribution in [0.15, 0.2) is 54.9 Å². The maximum Gasteiger partial charge on any atom is 0.419 e. The van der Waals surface area contributed by atoms with Gasteiger partial charge in [0, 0.05) is 24.9 Å². The van der Waals surface area contributed by atoms with Crippen LogP contribution in [0.4, 0.5) is 4.79 Å². The van der Waals surface area contributed by atoms with Crippen LogP contribution in [0.25, 0.3) is 10.8 Å². The number of ether oxygens (including phenoxy) is 1. The molecular formula is C20H23N3O2. The van der Waals surface area contributed by atoms with Crippen molar-refractivity contribution in [2.75, 3.05) is 0 Å². The molecule has 0 radical (unpaired) electrons. The van der Waals surface area contributed by atoms with E-state index in [1.807, 2.05) is 45.0 Å². The zero-order chi connectivity index (χ0) is 18.0. The molecule has 25 heavy (non-hydrogen) atoms. The Morgan fingerprint density at radius 2 is 1.92 bits per heavy atom. The SMILES string of the molecule is CC(C)(C)OC(=O)n1ccnc1CC(N)c1cccc2ccccc12. The molecule has 3 rings (SSSR count). The lowest BCUT2D eigenvalue weighted by molar-refractivity contribution is 0.0531. The Balaban J connectivity index is 1.86. The summed E-state index contributed by atoms with van der Waals surface area (Å²) in [6.07, 6.45) is 3.21. The predicted octanol–water partition coefficient (Wildman–Crippen LogP) is 4.06. The van der Waals surface area contributed by atoms with E-state index in [1.54, 1.807) is 12.4 Å². The first kappa shape index (κ1) is 17.2. The number of imidazole rings is 1. The zero-order valence-corrected chi connectivity index (χ0v) is 14.8. The second-order valence-electron chi connectivity index (χ2n) is 7.07. The van der Waals surface area contributed by atoms with Crippen molar-refractivity contribution in [1.29, 1.82) is 0 Å². The molecule has 2 aromatic carbocycles. The molecular weight excluding hydrogens is 314 g/mol. The number of carbonyl (C=O) groups is 1. The number of nitrogens with two attached hydrogens (primary N) is 1. The second kappa shape index (κ2) is 6.69. The summed E-state index contributed by atoms with van der Waals surface area (Å²) in [5, 5.41) is 2.26. The van der Waals surface area contributed by atoms with E-state index in [1.165, 1.54) is 4.57 Å². The van der Waals surface area contributed by atoms with Gasteiger partial charge in [0.05, 0.1) is 0 Å². The minimum atomic E-state index is -0.559. The van der Waals surface area contributed by atoms with Crippen molar-refractivity contribution < 1.29 is 9.53 Å². The third-order valence-electron chi connectivity index (χ3n) is 3.93. The molecule has 5 nitrogen and oxygen atoms in total. The maximum atomic E-state index is 12.3. The van der Waals surface area contributed by atoms with Crippen LogP contribution in [0.5, 0.6) is 0 Å². The number of fused-ring (bicyclic) bond motifs is 1. The Labute approximate surface area is 147 Å². The molecule has 1 heterocycles. The molecule has 2 N–H and O–H groups in total. The van der Waals surface area contributed by atoms with E-state index >= 15 is 0 Å². The van der Waals surface area contributed by atoms with Crippen molar-refractivity contribution in [1.82, 2.24) is 9.55 Å². The van der Waals surface area contributed by atoms with E-state index in [4.69, 9.17) is 10.5 Å². The molecule has 0 saturated carbocycles. The lowest BCUT2D eigenvalue weighted by Gasteiger charge is -2.20. The molecule has 0 saturated heterocycles. The van der Waals surface area contributed by atoms with Crippen LogP contribution in [0.1, 0.15) is 38.2 Å². The van der Waals surface area contributed by atoms with E-state index in [-0.39, 0.29) is 6.04 Å². The van der Waals surface area contributed by atoms with E-state index in [2.05, 4.69) is 23.2 Å². The van der Waals surface area contributed by atoms with E-state index in [0.717, 1.165) is 16.3 Å². The Morgan fingerprint density at radius 3 is 2.68 bits per heavy atom. The number of hydrogen-bond acceptors (Lipinski definition) is 4. The van der Waals surface area contributed by atoms with Crippen LogP contribution >= 0.6 is 0 Å². The highest BCUT2D eigenvalue weighted by molar-refractivity contribution is 5.86. The largest absolute Gasteiger partial charge is 0.443 e. The number of hydrogen-bond donors (Lipinski definition) is 1. The fourth-order valence-corrected chi connectivity index (χ4v) is 2.84. The minimum Gasteiger partial charge on any atom is -0.443 e. The number of benzene rings is 2. The van der Waals surface area contributed by atoms with Gasteiger partial charge in [0.1, 0.15) is 11.4 Å². The van der Waals surface area contributed by atoms with Crippen LogP contribution in [-0.4, -0.2) is 21.2 Å². The Hall–Kier alpha value is -2.66. The summed E-state index contributed by atoms with van der Waals surface area (Å²) < 4.78 is 6.85. The Bertz CT molecular complexity index is 888. The fraction of sp³-hybridized carbons (Fsp3) is 0.300. The van der Waals surface area contributed by atoms with Crippen LogP contribution in [0.3, 0.4) is 0 Å². The van der Waals surface area contributed by atoms with Gasteiger partial charge in [-0.25, -0.2) is 14.3 Å². The van der Waals surface area contributed by atoms with Gasteiger partial charge in [0.25, 0.3) is 0 Å². The van der Waals surface area contributed by atoms with Gasteiger partial charge in [0.2, 0.25) is 0 Å². The quantitative estimate of drug-likeness (QED) is 0.782. The predicted molar refractivity (Wildman–Crippen MR) is 98.4 cm³/mol. The fourth-order valence-electron chi connectivity index (χ4n) is 2.84. The molecule has 0 bridgehead atoms. The van der Waals surface area contributed by atoms with Gasteiger partial charge in [-0.1, -0.05) is 42.5 Å². The van der Waals surface area contributed by atoms with E-state index in [0.29, 0.717) is 12.2 Å². The molecule has 0 aliphatic carbocycles. The van der Waals surface area contributed by atoms with Crippen LogP contribution in [0, 0.1) is 0 Å². The van der Waals surface area contributed by atoms with Crippen molar-refractivity contribution >= 4 is 16.9 Å². The molecule has 0 aliphatic rings. The van der Waals surface area contributed by atoms with Crippen molar-refractivity contribution in [2.45, 2.75) is 38.8 Å². The highest BCUT2D eigenvalue weighted by Gasteiger charge is 2.21. The van der Waals surface area contributed by atoms with Gasteiger partial charge in [-0.2, -0.15) is 0 Å². The normalized spacial score (nSPS) is 13.0. The standard InChI is InChI=1S/C20H23N3O2/c1-20(2,3)25-19(24)23-12-11-22-18(23)13-17(21)16-10-6-8-14-7-4-5-9-15(14)16/h4-12,17H,13,21H2,1-3H3. The topological polar surface area (TPSA) is 70.1 Å². The lowest BCUT2D eigenvalue weighted by Crippen LogP contribution is -2.28. The first-order valence-electron chi connectivity index (χ1n) is 8.34. The zero-order valence-electron chi connectivity index (χ0n) is 14.8. The van der Waals surface area contributed by atoms with Crippen molar-refractivity contribution in [3.8, 4) is 0 Å². The van der Waals surface area contributed by atoms with Crippen LogP contribution in [0.2, 0.25) is 0 Å². The summed E-state index contributed by atoms with van der Waals surface area (Å²) in [4.78, 5) is 16.6. The molecule has 1 unspecified atom stereocenters. The van der Waals surface area contributed by atoms with Crippen molar-refractivity contribution in [2.24, 2.45) is 5.73 Å². The summed E-state index contributed by atoms with van der Waals surface area (Å²) in [6, 6.07) is 13.9. The van der Waals surface area contributed by atoms with Gasteiger partial charge in [-0.15, -0.1) is 0 Å². The maximum absolute atomic E-state index is 12.3. The third-order valence-corrected chi connectivity index (χ3v) is 3.93. The third kappa shape index (κ3) is 3.88. The highest BCUT2D eigenvalue weighted by Crippen LogP contribution is 2.25. The molecule has 130 valence electrons. The smallest absolute Gasteiger partial charge is 0.419 e. The average Bonchev–Trinajstić information content (AvgIpc) is 3.01. The van der Waals surface area contributed by atoms with Crippen LogP contribution in [-0.2, 0) is 11.2 Å². The Kier molecular flexibility index (Phi) is 4.59. The van der Waals surface area contributed by atoms with Gasteiger partial charge < -0.3 is 10.5 Å². The van der Waals surface area contributed by atoms with E-state index in [9.17, 15) is 4.79 Å². The summed E-state index contributed by atoms with van der Waals surface area (Å²) in [5.41, 5.74) is 6.92. The average molecular weight is 337 g/mol. The first-order valence-corrected chi connectivity index (χ1v) is 8.34.